The zero-order chi connectivity index (χ0) is 22.0. The van der Waals surface area contributed by atoms with Crippen LogP contribution in [0, 0.1) is 18.6 Å². The highest BCUT2D eigenvalue weighted by Gasteiger charge is 2.22. The van der Waals surface area contributed by atoms with Crippen molar-refractivity contribution in [1.82, 2.24) is 9.88 Å². The second-order valence-electron chi connectivity index (χ2n) is 7.60. The lowest BCUT2D eigenvalue weighted by Crippen LogP contribution is -2.17. The summed E-state index contributed by atoms with van der Waals surface area (Å²) in [6, 6.07) is 18.2. The summed E-state index contributed by atoms with van der Waals surface area (Å²) >= 11 is 0. The van der Waals surface area contributed by atoms with Gasteiger partial charge in [0.2, 0.25) is 0 Å². The second kappa shape index (κ2) is 8.70. The van der Waals surface area contributed by atoms with Crippen LogP contribution in [0.2, 0.25) is 0 Å². The lowest BCUT2D eigenvalue weighted by Gasteiger charge is -2.10. The Morgan fingerprint density at radius 3 is 2.42 bits per heavy atom. The summed E-state index contributed by atoms with van der Waals surface area (Å²) < 4.78 is 28.6. The van der Waals surface area contributed by atoms with Gasteiger partial charge in [-0.15, -0.1) is 0 Å². The standard InChI is InChI=1S/C25H22F2N2O2/c1-16-5-10-21-22(14-28-13-17-6-8-19(26)9-7-17)24(25(30)31)29(23(21)11-16)15-18-3-2-4-20(27)12-18/h2-12,28H,13-15H2,1H3,(H,30,31). The molecule has 31 heavy (non-hydrogen) atoms. The molecule has 0 radical (unpaired) electrons. The van der Waals surface area contributed by atoms with Gasteiger partial charge in [0.25, 0.3) is 0 Å². The molecule has 1 heterocycles. The fourth-order valence-corrected chi connectivity index (χ4v) is 3.87. The molecule has 4 nitrogen and oxygen atoms in total. The van der Waals surface area contributed by atoms with Gasteiger partial charge in [0.15, 0.2) is 0 Å². The molecule has 0 saturated carbocycles. The number of carboxylic acid groups (broad SMARTS) is 1. The van der Waals surface area contributed by atoms with Crippen LogP contribution in [0.4, 0.5) is 8.78 Å². The number of hydrogen-bond donors (Lipinski definition) is 2. The summed E-state index contributed by atoms with van der Waals surface area (Å²) in [4.78, 5) is 12.3. The van der Waals surface area contributed by atoms with Crippen LogP contribution in [0.15, 0.2) is 66.7 Å². The van der Waals surface area contributed by atoms with Gasteiger partial charge in [-0.3, -0.25) is 0 Å². The molecule has 0 bridgehead atoms. The minimum absolute atomic E-state index is 0.177. The lowest BCUT2D eigenvalue weighted by molar-refractivity contribution is 0.0684. The zero-order valence-corrected chi connectivity index (χ0v) is 17.0. The maximum absolute atomic E-state index is 13.7. The quantitative estimate of drug-likeness (QED) is 0.429. The van der Waals surface area contributed by atoms with Gasteiger partial charge in [-0.1, -0.05) is 36.4 Å². The van der Waals surface area contributed by atoms with E-state index in [9.17, 15) is 18.7 Å². The minimum Gasteiger partial charge on any atom is -0.477 e. The molecule has 6 heteroatoms. The zero-order valence-electron chi connectivity index (χ0n) is 17.0. The van der Waals surface area contributed by atoms with Gasteiger partial charge in [0, 0.05) is 36.1 Å². The maximum Gasteiger partial charge on any atom is 0.352 e. The SMILES string of the molecule is Cc1ccc2c(CNCc3ccc(F)cc3)c(C(=O)O)n(Cc3cccc(F)c3)c2c1. The summed E-state index contributed by atoms with van der Waals surface area (Å²) in [7, 11) is 0. The number of benzene rings is 3. The van der Waals surface area contributed by atoms with Gasteiger partial charge in [-0.2, -0.15) is 0 Å². The molecule has 3 aromatic carbocycles. The maximum atomic E-state index is 13.7. The van der Waals surface area contributed by atoms with Gasteiger partial charge in [-0.05, 0) is 53.9 Å². The molecule has 0 amide bonds. The van der Waals surface area contributed by atoms with E-state index in [1.54, 1.807) is 28.8 Å². The van der Waals surface area contributed by atoms with E-state index in [1.165, 1.54) is 24.3 Å². The number of carboxylic acids is 1. The average molecular weight is 420 g/mol. The smallest absolute Gasteiger partial charge is 0.352 e. The van der Waals surface area contributed by atoms with Crippen LogP contribution in [0.1, 0.15) is 32.7 Å². The Kier molecular flexibility index (Phi) is 5.82. The topological polar surface area (TPSA) is 54.3 Å². The molecule has 0 unspecified atom stereocenters. The van der Waals surface area contributed by atoms with Gasteiger partial charge >= 0.3 is 5.97 Å². The molecule has 0 saturated heterocycles. The van der Waals surface area contributed by atoms with Crippen molar-refractivity contribution in [1.29, 1.82) is 0 Å². The van der Waals surface area contributed by atoms with Crippen molar-refractivity contribution in [3.8, 4) is 0 Å². The molecular weight excluding hydrogens is 398 g/mol. The third-order valence-corrected chi connectivity index (χ3v) is 5.30. The van der Waals surface area contributed by atoms with E-state index in [1.807, 2.05) is 25.1 Å². The molecule has 0 aliphatic carbocycles. The largest absolute Gasteiger partial charge is 0.477 e. The molecule has 2 N–H and O–H groups in total. The number of rotatable bonds is 7. The van der Waals surface area contributed by atoms with Gasteiger partial charge in [0.05, 0.1) is 0 Å². The van der Waals surface area contributed by atoms with Crippen molar-refractivity contribution in [3.05, 3.63) is 106 Å². The van der Waals surface area contributed by atoms with Crippen LogP contribution in [0.3, 0.4) is 0 Å². The highest BCUT2D eigenvalue weighted by atomic mass is 19.1. The third kappa shape index (κ3) is 4.49. The highest BCUT2D eigenvalue weighted by molar-refractivity contribution is 5.98. The van der Waals surface area contributed by atoms with Crippen LogP contribution in [0.25, 0.3) is 10.9 Å². The van der Waals surface area contributed by atoms with E-state index in [-0.39, 0.29) is 23.9 Å². The van der Waals surface area contributed by atoms with Gasteiger partial charge < -0.3 is 15.0 Å². The Morgan fingerprint density at radius 2 is 1.71 bits per heavy atom. The van der Waals surface area contributed by atoms with Crippen LogP contribution in [-0.2, 0) is 19.6 Å². The van der Waals surface area contributed by atoms with Crippen LogP contribution in [0.5, 0.6) is 0 Å². The predicted molar refractivity (Wildman–Crippen MR) is 116 cm³/mol. The Morgan fingerprint density at radius 1 is 0.935 bits per heavy atom. The number of aryl methyl sites for hydroxylation is 1. The molecule has 1 aromatic heterocycles. The van der Waals surface area contributed by atoms with Gasteiger partial charge in [0.1, 0.15) is 17.3 Å². The summed E-state index contributed by atoms with van der Waals surface area (Å²) in [6.45, 7) is 3.00. The van der Waals surface area contributed by atoms with E-state index in [0.29, 0.717) is 24.2 Å². The van der Waals surface area contributed by atoms with E-state index in [4.69, 9.17) is 0 Å². The molecule has 158 valence electrons. The Hall–Kier alpha value is -3.51. The van der Waals surface area contributed by atoms with Crippen molar-refractivity contribution < 1.29 is 18.7 Å². The average Bonchev–Trinajstić information content (AvgIpc) is 3.02. The van der Waals surface area contributed by atoms with Crippen molar-refractivity contribution in [3.63, 3.8) is 0 Å². The summed E-state index contributed by atoms with van der Waals surface area (Å²) in [5, 5.41) is 14.1. The van der Waals surface area contributed by atoms with E-state index >= 15 is 0 Å². The third-order valence-electron chi connectivity index (χ3n) is 5.30. The Balaban J connectivity index is 1.72. The first-order valence-corrected chi connectivity index (χ1v) is 9.97. The lowest BCUT2D eigenvalue weighted by atomic mass is 10.1. The molecule has 0 aliphatic rings. The van der Waals surface area contributed by atoms with Crippen LogP contribution < -0.4 is 5.32 Å². The fourth-order valence-electron chi connectivity index (χ4n) is 3.87. The van der Waals surface area contributed by atoms with Crippen molar-refractivity contribution in [2.45, 2.75) is 26.6 Å². The number of aromatic nitrogens is 1. The number of aromatic carboxylic acids is 1. The molecule has 4 rings (SSSR count). The van der Waals surface area contributed by atoms with Gasteiger partial charge in [-0.25, -0.2) is 13.6 Å². The molecule has 0 aliphatic heterocycles. The van der Waals surface area contributed by atoms with Crippen LogP contribution >= 0.6 is 0 Å². The number of halogens is 2. The summed E-state index contributed by atoms with van der Waals surface area (Å²) in [5.41, 5.74) is 4.23. The first kappa shape index (κ1) is 20.8. The first-order valence-electron chi connectivity index (χ1n) is 9.97. The Labute approximate surface area is 178 Å². The minimum atomic E-state index is -1.04. The first-order chi connectivity index (χ1) is 14.9. The fraction of sp³-hybridized carbons (Fsp3) is 0.160. The number of hydrogen-bond acceptors (Lipinski definition) is 2. The molecule has 4 aromatic rings. The number of nitrogens with zero attached hydrogens (tertiary/aromatic N) is 1. The monoisotopic (exact) mass is 420 g/mol. The number of fused-ring (bicyclic) bond motifs is 1. The van der Waals surface area contributed by atoms with Crippen molar-refractivity contribution in [2.75, 3.05) is 0 Å². The predicted octanol–water partition coefficient (Wildman–Crippen LogP) is 5.26. The summed E-state index contributed by atoms with van der Waals surface area (Å²) in [5.74, 6) is -1.69. The second-order valence-corrected chi connectivity index (χ2v) is 7.60. The number of nitrogens with one attached hydrogen (secondary N) is 1. The molecule has 0 fully saturated rings. The highest BCUT2D eigenvalue weighted by Crippen LogP contribution is 2.29. The molecular formula is C25H22F2N2O2. The van der Waals surface area contributed by atoms with E-state index < -0.39 is 5.97 Å². The van der Waals surface area contributed by atoms with E-state index in [0.717, 1.165) is 22.0 Å². The molecule has 0 atom stereocenters. The normalized spacial score (nSPS) is 11.2. The van der Waals surface area contributed by atoms with Crippen LogP contribution in [-0.4, -0.2) is 15.6 Å². The van der Waals surface area contributed by atoms with E-state index in [2.05, 4.69) is 5.32 Å². The van der Waals surface area contributed by atoms with Crippen molar-refractivity contribution in [2.24, 2.45) is 0 Å². The summed E-state index contributed by atoms with van der Waals surface area (Å²) in [6.07, 6.45) is 0. The number of carbonyl (C=O) groups is 1. The molecule has 0 spiro atoms. The Bertz CT molecular complexity index is 1250. The van der Waals surface area contributed by atoms with Crippen molar-refractivity contribution >= 4 is 16.9 Å².